The van der Waals surface area contributed by atoms with Gasteiger partial charge in [0.15, 0.2) is 11.5 Å². The zero-order valence-electron chi connectivity index (χ0n) is 20.2. The van der Waals surface area contributed by atoms with Gasteiger partial charge in [0, 0.05) is 12.6 Å². The number of ether oxygens (including phenoxy) is 3. The van der Waals surface area contributed by atoms with Crippen LogP contribution in [0.4, 0.5) is 18.9 Å². The minimum atomic E-state index is -4.72. The molecule has 1 N–H and O–H groups in total. The molecule has 3 rings (SSSR count). The van der Waals surface area contributed by atoms with Crippen molar-refractivity contribution in [1.82, 2.24) is 5.32 Å². The summed E-state index contributed by atoms with van der Waals surface area (Å²) in [6.45, 7) is -0.705. The molecule has 0 aliphatic rings. The molecule has 0 atom stereocenters. The Kier molecular flexibility index (Phi) is 8.53. The number of sulfonamides is 1. The Morgan fingerprint density at radius 2 is 1.57 bits per heavy atom. The van der Waals surface area contributed by atoms with Gasteiger partial charge in [-0.25, -0.2) is 8.42 Å². The highest BCUT2D eigenvalue weighted by atomic mass is 32.2. The monoisotopic (exact) mass is 538 g/mol. The van der Waals surface area contributed by atoms with E-state index >= 15 is 0 Å². The summed E-state index contributed by atoms with van der Waals surface area (Å²) in [5.74, 6) is 0.241. The highest BCUT2D eigenvalue weighted by Crippen LogP contribution is 2.35. The maximum absolute atomic E-state index is 13.6. The largest absolute Gasteiger partial charge is 0.497 e. The number of nitrogens with zero attached hydrogens (tertiary/aromatic N) is 1. The van der Waals surface area contributed by atoms with Gasteiger partial charge >= 0.3 is 6.18 Å². The lowest BCUT2D eigenvalue weighted by molar-refractivity contribution is -0.137. The van der Waals surface area contributed by atoms with Gasteiger partial charge in [-0.15, -0.1) is 0 Å². The van der Waals surface area contributed by atoms with Crippen LogP contribution in [0.1, 0.15) is 11.1 Å². The molecule has 0 radical (unpaired) electrons. The van der Waals surface area contributed by atoms with Crippen molar-refractivity contribution in [3.8, 4) is 17.2 Å². The minimum absolute atomic E-state index is 0.0651. The van der Waals surface area contributed by atoms with Gasteiger partial charge in [0.05, 0.1) is 37.5 Å². The van der Waals surface area contributed by atoms with E-state index in [4.69, 9.17) is 14.2 Å². The number of carbonyl (C=O) groups is 1. The number of anilines is 1. The van der Waals surface area contributed by atoms with Crippen molar-refractivity contribution in [1.29, 1.82) is 0 Å². The van der Waals surface area contributed by atoms with Gasteiger partial charge in [-0.1, -0.05) is 18.2 Å². The van der Waals surface area contributed by atoms with E-state index in [2.05, 4.69) is 5.32 Å². The first kappa shape index (κ1) is 27.7. The van der Waals surface area contributed by atoms with Crippen molar-refractivity contribution in [3.63, 3.8) is 0 Å². The fourth-order valence-corrected chi connectivity index (χ4v) is 4.82. The lowest BCUT2D eigenvalue weighted by Gasteiger charge is -2.25. The predicted molar refractivity (Wildman–Crippen MR) is 130 cm³/mol. The summed E-state index contributed by atoms with van der Waals surface area (Å²) in [6, 6.07) is 14.3. The van der Waals surface area contributed by atoms with Crippen LogP contribution in [0, 0.1) is 0 Å². The zero-order chi connectivity index (χ0) is 27.2. The fraction of sp³-hybridized carbons (Fsp3) is 0.240. The number of benzene rings is 3. The molecular weight excluding hydrogens is 513 g/mol. The molecule has 0 bridgehead atoms. The summed E-state index contributed by atoms with van der Waals surface area (Å²) in [7, 11) is -0.316. The van der Waals surface area contributed by atoms with E-state index in [-0.39, 0.29) is 28.6 Å². The minimum Gasteiger partial charge on any atom is -0.497 e. The molecule has 0 fully saturated rings. The van der Waals surface area contributed by atoms with E-state index in [1.807, 2.05) is 0 Å². The Morgan fingerprint density at radius 3 is 2.16 bits per heavy atom. The van der Waals surface area contributed by atoms with Gasteiger partial charge in [0.2, 0.25) is 5.91 Å². The van der Waals surface area contributed by atoms with Crippen molar-refractivity contribution in [3.05, 3.63) is 77.9 Å². The number of halogens is 3. The van der Waals surface area contributed by atoms with Crippen LogP contribution >= 0.6 is 0 Å². The lowest BCUT2D eigenvalue weighted by atomic mass is 10.2. The first-order chi connectivity index (χ1) is 17.5. The van der Waals surface area contributed by atoms with Gasteiger partial charge in [-0.2, -0.15) is 13.2 Å². The lowest BCUT2D eigenvalue weighted by Crippen LogP contribution is -2.40. The standard InChI is InChI=1S/C25H25F3N2O6S/c1-34-20-9-7-17(8-10-20)15-29-24(31)16-30(19-6-4-5-18(13-19)25(26,27)28)37(32,33)21-11-12-22(35-2)23(14-21)36-3/h4-14H,15-16H2,1-3H3,(H,29,31). The Morgan fingerprint density at radius 1 is 0.892 bits per heavy atom. The van der Waals surface area contributed by atoms with E-state index in [9.17, 15) is 26.4 Å². The zero-order valence-corrected chi connectivity index (χ0v) is 21.0. The molecular formula is C25H25F3N2O6S. The summed E-state index contributed by atoms with van der Waals surface area (Å²) in [6.07, 6.45) is -4.72. The molecule has 3 aromatic rings. The second kappa shape index (κ2) is 11.4. The SMILES string of the molecule is COc1ccc(CNC(=O)CN(c2cccc(C(F)(F)F)c2)S(=O)(=O)c2ccc(OC)c(OC)c2)cc1. The first-order valence-corrected chi connectivity index (χ1v) is 12.2. The number of alkyl halides is 3. The van der Waals surface area contributed by atoms with Crippen LogP contribution in [0.3, 0.4) is 0 Å². The Hall–Kier alpha value is -3.93. The Bertz CT molecular complexity index is 1350. The molecule has 198 valence electrons. The molecule has 8 nitrogen and oxygen atoms in total. The molecule has 0 unspecified atom stereocenters. The van der Waals surface area contributed by atoms with Gasteiger partial charge < -0.3 is 19.5 Å². The van der Waals surface area contributed by atoms with Crippen LogP contribution in [-0.4, -0.2) is 42.2 Å². The molecule has 1 amide bonds. The van der Waals surface area contributed by atoms with E-state index in [0.29, 0.717) is 21.7 Å². The molecule has 0 aromatic heterocycles. The number of hydrogen-bond donors (Lipinski definition) is 1. The average Bonchev–Trinajstić information content (AvgIpc) is 2.89. The maximum Gasteiger partial charge on any atom is 0.416 e. The van der Waals surface area contributed by atoms with Crippen LogP contribution in [0.2, 0.25) is 0 Å². The maximum atomic E-state index is 13.6. The number of rotatable bonds is 10. The first-order valence-electron chi connectivity index (χ1n) is 10.8. The third-order valence-electron chi connectivity index (χ3n) is 5.34. The van der Waals surface area contributed by atoms with Crippen molar-refractivity contribution in [2.45, 2.75) is 17.6 Å². The molecule has 0 aliphatic heterocycles. The third-order valence-corrected chi connectivity index (χ3v) is 7.11. The molecule has 12 heteroatoms. The number of carbonyl (C=O) groups excluding carboxylic acids is 1. The van der Waals surface area contributed by atoms with E-state index in [1.54, 1.807) is 24.3 Å². The average molecular weight is 539 g/mol. The molecule has 3 aromatic carbocycles. The number of nitrogens with one attached hydrogen (secondary N) is 1. The van der Waals surface area contributed by atoms with Crippen molar-refractivity contribution in [2.24, 2.45) is 0 Å². The number of hydrogen-bond acceptors (Lipinski definition) is 6. The topological polar surface area (TPSA) is 94.2 Å². The van der Waals surface area contributed by atoms with Crippen LogP contribution in [0.25, 0.3) is 0 Å². The van der Waals surface area contributed by atoms with Crippen LogP contribution in [0.5, 0.6) is 17.2 Å². The molecule has 0 saturated carbocycles. The quantitative estimate of drug-likeness (QED) is 0.415. The number of amides is 1. The van der Waals surface area contributed by atoms with E-state index in [1.165, 1.54) is 45.6 Å². The van der Waals surface area contributed by atoms with Crippen molar-refractivity contribution < 1.29 is 40.6 Å². The Labute approximate surface area is 212 Å². The van der Waals surface area contributed by atoms with Crippen molar-refractivity contribution >= 4 is 21.6 Å². The smallest absolute Gasteiger partial charge is 0.416 e. The molecule has 0 saturated heterocycles. The van der Waals surface area contributed by atoms with E-state index < -0.39 is 34.2 Å². The summed E-state index contributed by atoms with van der Waals surface area (Å²) in [5.41, 5.74) is -0.678. The summed E-state index contributed by atoms with van der Waals surface area (Å²) in [4.78, 5) is 12.5. The van der Waals surface area contributed by atoms with Crippen molar-refractivity contribution in [2.75, 3.05) is 32.2 Å². The van der Waals surface area contributed by atoms with Crippen LogP contribution in [0.15, 0.2) is 71.6 Å². The fourth-order valence-electron chi connectivity index (χ4n) is 3.39. The summed E-state index contributed by atoms with van der Waals surface area (Å²) in [5, 5.41) is 2.59. The van der Waals surface area contributed by atoms with E-state index in [0.717, 1.165) is 12.1 Å². The highest BCUT2D eigenvalue weighted by Gasteiger charge is 2.33. The number of methoxy groups -OCH3 is 3. The van der Waals surface area contributed by atoms with Crippen LogP contribution in [-0.2, 0) is 27.5 Å². The molecule has 0 heterocycles. The predicted octanol–water partition coefficient (Wildman–Crippen LogP) is 4.24. The molecule has 0 aliphatic carbocycles. The van der Waals surface area contributed by atoms with Gasteiger partial charge in [0.25, 0.3) is 10.0 Å². The summed E-state index contributed by atoms with van der Waals surface area (Å²) >= 11 is 0. The Balaban J connectivity index is 1.96. The second-order valence-electron chi connectivity index (χ2n) is 7.70. The van der Waals surface area contributed by atoms with Gasteiger partial charge in [-0.05, 0) is 48.0 Å². The van der Waals surface area contributed by atoms with Gasteiger partial charge in [0.1, 0.15) is 12.3 Å². The normalized spacial score (nSPS) is 11.5. The third kappa shape index (κ3) is 6.64. The highest BCUT2D eigenvalue weighted by molar-refractivity contribution is 7.92. The van der Waals surface area contributed by atoms with Gasteiger partial charge in [-0.3, -0.25) is 9.10 Å². The van der Waals surface area contributed by atoms with Crippen LogP contribution < -0.4 is 23.8 Å². The summed E-state index contributed by atoms with van der Waals surface area (Å²) < 4.78 is 83.3. The second-order valence-corrected chi connectivity index (χ2v) is 9.56. The molecule has 0 spiro atoms. The molecule has 37 heavy (non-hydrogen) atoms.